The third-order valence-corrected chi connectivity index (χ3v) is 3.14. The van der Waals surface area contributed by atoms with Crippen LogP contribution in [0.15, 0.2) is 0 Å². The lowest BCUT2D eigenvalue weighted by molar-refractivity contribution is -0.164. The fourth-order valence-electron chi connectivity index (χ4n) is 2.55. The monoisotopic (exact) mass is 273 g/mol. The van der Waals surface area contributed by atoms with Crippen molar-refractivity contribution in [2.24, 2.45) is 0 Å². The summed E-state index contributed by atoms with van der Waals surface area (Å²) in [5, 5.41) is 12.7. The minimum absolute atomic E-state index is 0.295. The molecule has 2 aliphatic rings. The minimum atomic E-state index is -0.732. The summed E-state index contributed by atoms with van der Waals surface area (Å²) >= 11 is 0. The lowest BCUT2D eigenvalue weighted by Crippen LogP contribution is -2.45. The van der Waals surface area contributed by atoms with Crippen LogP contribution in [0.5, 0.6) is 0 Å². The van der Waals surface area contributed by atoms with E-state index in [2.05, 4.69) is 5.32 Å². The highest BCUT2D eigenvalue weighted by Crippen LogP contribution is 2.38. The van der Waals surface area contributed by atoms with E-state index in [0.29, 0.717) is 6.42 Å². The first kappa shape index (κ1) is 14.6. The second kappa shape index (κ2) is 4.61. The minimum Gasteiger partial charge on any atom is -0.444 e. The SMILES string of the molecule is CC(C)(C)OC(=O)NC1CC(O)C2OC(C)(C)OC12. The van der Waals surface area contributed by atoms with E-state index >= 15 is 0 Å². The average Bonchev–Trinajstić information content (AvgIpc) is 2.61. The summed E-state index contributed by atoms with van der Waals surface area (Å²) in [6.07, 6.45) is -1.46. The van der Waals surface area contributed by atoms with Crippen molar-refractivity contribution in [1.82, 2.24) is 5.32 Å². The molecule has 6 heteroatoms. The van der Waals surface area contributed by atoms with E-state index in [4.69, 9.17) is 14.2 Å². The molecule has 1 amide bonds. The van der Waals surface area contributed by atoms with Crippen LogP contribution in [0.25, 0.3) is 0 Å². The van der Waals surface area contributed by atoms with Gasteiger partial charge in [0.25, 0.3) is 0 Å². The van der Waals surface area contributed by atoms with Crippen LogP contribution in [-0.2, 0) is 14.2 Å². The number of fused-ring (bicyclic) bond motifs is 1. The quantitative estimate of drug-likeness (QED) is 0.750. The molecule has 4 atom stereocenters. The Balaban J connectivity index is 1.97. The number of ether oxygens (including phenoxy) is 3. The number of amides is 1. The zero-order chi connectivity index (χ0) is 14.4. The Labute approximate surface area is 113 Å². The summed E-state index contributed by atoms with van der Waals surface area (Å²) in [6.45, 7) is 9.00. The Morgan fingerprint density at radius 1 is 1.32 bits per heavy atom. The molecule has 1 aliphatic heterocycles. The predicted molar refractivity (Wildman–Crippen MR) is 67.6 cm³/mol. The molecule has 2 N–H and O–H groups in total. The smallest absolute Gasteiger partial charge is 0.407 e. The van der Waals surface area contributed by atoms with Crippen molar-refractivity contribution in [3.8, 4) is 0 Å². The van der Waals surface area contributed by atoms with Crippen LogP contribution in [0.4, 0.5) is 4.79 Å². The first-order valence-electron chi connectivity index (χ1n) is 6.61. The Morgan fingerprint density at radius 2 is 1.89 bits per heavy atom. The predicted octanol–water partition coefficient (Wildman–Crippen LogP) is 1.16. The van der Waals surface area contributed by atoms with Gasteiger partial charge in [0.05, 0.1) is 12.1 Å². The van der Waals surface area contributed by atoms with Crippen LogP contribution in [0.2, 0.25) is 0 Å². The number of nitrogens with one attached hydrogen (secondary N) is 1. The van der Waals surface area contributed by atoms with Gasteiger partial charge in [-0.1, -0.05) is 0 Å². The highest BCUT2D eigenvalue weighted by molar-refractivity contribution is 5.68. The van der Waals surface area contributed by atoms with Crippen molar-refractivity contribution in [3.63, 3.8) is 0 Å². The van der Waals surface area contributed by atoms with Gasteiger partial charge in [-0.25, -0.2) is 4.79 Å². The molecule has 6 nitrogen and oxygen atoms in total. The van der Waals surface area contributed by atoms with E-state index in [9.17, 15) is 9.90 Å². The zero-order valence-corrected chi connectivity index (χ0v) is 12.1. The summed E-state index contributed by atoms with van der Waals surface area (Å²) in [5.74, 6) is -0.732. The molecule has 0 aromatic carbocycles. The third kappa shape index (κ3) is 3.38. The summed E-state index contributed by atoms with van der Waals surface area (Å²) in [5.41, 5.74) is -0.549. The van der Waals surface area contributed by atoms with Gasteiger partial charge in [-0.3, -0.25) is 0 Å². The first-order valence-corrected chi connectivity index (χ1v) is 6.61. The Bertz CT molecular complexity index is 363. The maximum absolute atomic E-state index is 11.8. The standard InChI is InChI=1S/C13H23NO5/c1-12(2,3)19-11(16)14-7-6-8(15)10-9(7)17-13(4,5)18-10/h7-10,15H,6H2,1-5H3,(H,14,16). The topological polar surface area (TPSA) is 77.0 Å². The normalized spacial score (nSPS) is 36.9. The van der Waals surface area contributed by atoms with Gasteiger partial charge in [-0.15, -0.1) is 0 Å². The van der Waals surface area contributed by atoms with Gasteiger partial charge >= 0.3 is 6.09 Å². The molecular formula is C13H23NO5. The highest BCUT2D eigenvalue weighted by atomic mass is 16.8. The van der Waals surface area contributed by atoms with Crippen molar-refractivity contribution in [2.45, 2.75) is 76.8 Å². The van der Waals surface area contributed by atoms with Crippen molar-refractivity contribution >= 4 is 6.09 Å². The molecule has 0 aromatic rings. The second-order valence-electron chi connectivity index (χ2n) is 6.62. The van der Waals surface area contributed by atoms with E-state index in [1.54, 1.807) is 34.6 Å². The molecule has 0 bridgehead atoms. The van der Waals surface area contributed by atoms with Gasteiger partial charge in [0.2, 0.25) is 0 Å². The molecular weight excluding hydrogens is 250 g/mol. The van der Waals surface area contributed by atoms with Crippen LogP contribution >= 0.6 is 0 Å². The lowest BCUT2D eigenvalue weighted by atomic mass is 10.2. The van der Waals surface area contributed by atoms with E-state index in [1.807, 2.05) is 0 Å². The summed E-state index contributed by atoms with van der Waals surface area (Å²) < 4.78 is 16.6. The maximum Gasteiger partial charge on any atom is 0.407 e. The van der Waals surface area contributed by atoms with Crippen LogP contribution in [0.1, 0.15) is 41.0 Å². The molecule has 2 rings (SSSR count). The van der Waals surface area contributed by atoms with E-state index in [-0.39, 0.29) is 12.1 Å². The molecule has 19 heavy (non-hydrogen) atoms. The number of hydrogen-bond donors (Lipinski definition) is 2. The van der Waals surface area contributed by atoms with Crippen molar-refractivity contribution in [2.75, 3.05) is 0 Å². The fraction of sp³-hybridized carbons (Fsp3) is 0.923. The van der Waals surface area contributed by atoms with Crippen molar-refractivity contribution < 1.29 is 24.1 Å². The lowest BCUT2D eigenvalue weighted by Gasteiger charge is -2.25. The number of alkyl carbamates (subject to hydrolysis) is 1. The second-order valence-corrected chi connectivity index (χ2v) is 6.62. The molecule has 110 valence electrons. The van der Waals surface area contributed by atoms with Crippen LogP contribution in [0, 0.1) is 0 Å². The molecule has 1 aliphatic carbocycles. The molecule has 0 spiro atoms. The third-order valence-electron chi connectivity index (χ3n) is 3.14. The van der Waals surface area contributed by atoms with Gasteiger partial charge in [0.1, 0.15) is 17.8 Å². The molecule has 2 fully saturated rings. The number of carbonyl (C=O) groups is 1. The number of rotatable bonds is 1. The van der Waals surface area contributed by atoms with Gasteiger partial charge < -0.3 is 24.6 Å². The molecule has 1 saturated carbocycles. The van der Waals surface area contributed by atoms with Crippen LogP contribution in [0.3, 0.4) is 0 Å². The first-order chi connectivity index (χ1) is 8.57. The summed E-state index contributed by atoms with van der Waals surface area (Å²) in [7, 11) is 0. The average molecular weight is 273 g/mol. The zero-order valence-electron chi connectivity index (χ0n) is 12.1. The largest absolute Gasteiger partial charge is 0.444 e. The molecule has 0 radical (unpaired) electrons. The maximum atomic E-state index is 11.8. The van der Waals surface area contributed by atoms with Crippen molar-refractivity contribution in [3.05, 3.63) is 0 Å². The molecule has 0 aromatic heterocycles. The fourth-order valence-corrected chi connectivity index (χ4v) is 2.55. The van der Waals surface area contributed by atoms with Crippen LogP contribution in [-0.4, -0.2) is 46.9 Å². The van der Waals surface area contributed by atoms with Gasteiger partial charge in [-0.05, 0) is 41.0 Å². The Kier molecular flexibility index (Phi) is 3.53. The molecule has 4 unspecified atom stereocenters. The van der Waals surface area contributed by atoms with Gasteiger partial charge in [-0.2, -0.15) is 0 Å². The van der Waals surface area contributed by atoms with E-state index in [1.165, 1.54) is 0 Å². The number of carbonyl (C=O) groups excluding carboxylic acids is 1. The highest BCUT2D eigenvalue weighted by Gasteiger charge is 2.54. The van der Waals surface area contributed by atoms with E-state index < -0.39 is 29.7 Å². The number of aliphatic hydroxyl groups excluding tert-OH is 1. The summed E-state index contributed by atoms with van der Waals surface area (Å²) in [4.78, 5) is 11.8. The summed E-state index contributed by atoms with van der Waals surface area (Å²) in [6, 6.07) is -0.295. The molecule has 1 saturated heterocycles. The van der Waals surface area contributed by atoms with Crippen LogP contribution < -0.4 is 5.32 Å². The van der Waals surface area contributed by atoms with Crippen molar-refractivity contribution in [1.29, 1.82) is 0 Å². The Hall–Kier alpha value is -0.850. The number of hydrogen-bond acceptors (Lipinski definition) is 5. The molecule has 1 heterocycles. The van der Waals surface area contributed by atoms with E-state index in [0.717, 1.165) is 0 Å². The van der Waals surface area contributed by atoms with Gasteiger partial charge in [0, 0.05) is 0 Å². The Morgan fingerprint density at radius 3 is 2.47 bits per heavy atom. The number of aliphatic hydroxyl groups is 1. The van der Waals surface area contributed by atoms with Gasteiger partial charge in [0.15, 0.2) is 5.79 Å².